The topological polar surface area (TPSA) is 116 Å². The van der Waals surface area contributed by atoms with Crippen LogP contribution < -0.4 is 16.0 Å². The number of hydrogen-bond acceptors (Lipinski definition) is 5. The molecular formula is C14H9FN4O2. The molecule has 2 rings (SSSR count). The molecule has 1 aromatic heterocycles. The Kier molecular flexibility index (Phi) is 3.59. The van der Waals surface area contributed by atoms with E-state index < -0.39 is 11.4 Å². The van der Waals surface area contributed by atoms with Gasteiger partial charge in [0.25, 0.3) is 5.56 Å². The number of nitrogens with zero attached hydrogens (tertiary/aromatic N) is 2. The van der Waals surface area contributed by atoms with Gasteiger partial charge in [-0.3, -0.25) is 4.79 Å². The standard InChI is InChI=1S/C14H9FN4O2/c1-21-11-4-7(2-3-10(11)15)12-8(5-16)13(18)19-14(20)9(12)6-17/h2-4H,1H3,(H3,18,19,20). The summed E-state index contributed by atoms with van der Waals surface area (Å²) in [6.07, 6.45) is 0. The number of nitrogens with one attached hydrogen (secondary N) is 1. The Balaban J connectivity index is 2.89. The van der Waals surface area contributed by atoms with Crippen molar-refractivity contribution in [1.29, 1.82) is 10.5 Å². The van der Waals surface area contributed by atoms with Crippen LogP contribution in [0, 0.1) is 28.5 Å². The van der Waals surface area contributed by atoms with Crippen molar-refractivity contribution in [3.8, 4) is 29.0 Å². The first-order valence-electron chi connectivity index (χ1n) is 5.73. The first-order chi connectivity index (χ1) is 10.0. The summed E-state index contributed by atoms with van der Waals surface area (Å²) >= 11 is 0. The molecule has 0 fully saturated rings. The zero-order chi connectivity index (χ0) is 15.6. The Morgan fingerprint density at radius 1 is 1.29 bits per heavy atom. The van der Waals surface area contributed by atoms with Crippen molar-refractivity contribution in [2.75, 3.05) is 12.8 Å². The minimum atomic E-state index is -0.715. The molecule has 0 bridgehead atoms. The second-order valence-corrected chi connectivity index (χ2v) is 4.07. The maximum Gasteiger partial charge on any atom is 0.268 e. The summed E-state index contributed by atoms with van der Waals surface area (Å²) in [4.78, 5) is 14.0. The molecule has 1 heterocycles. The van der Waals surface area contributed by atoms with Gasteiger partial charge in [-0.2, -0.15) is 10.5 Å². The third-order valence-corrected chi connectivity index (χ3v) is 2.91. The number of hydrogen-bond donors (Lipinski definition) is 2. The Bertz CT molecular complexity index is 859. The molecule has 0 spiro atoms. The zero-order valence-corrected chi connectivity index (χ0v) is 10.9. The second kappa shape index (κ2) is 5.35. The first-order valence-corrected chi connectivity index (χ1v) is 5.73. The Hall–Kier alpha value is -3.32. The van der Waals surface area contributed by atoms with Gasteiger partial charge >= 0.3 is 0 Å². The number of nitriles is 2. The van der Waals surface area contributed by atoms with E-state index in [9.17, 15) is 14.4 Å². The number of aromatic amines is 1. The molecule has 7 heteroatoms. The van der Waals surface area contributed by atoms with Gasteiger partial charge in [0.1, 0.15) is 29.1 Å². The third kappa shape index (κ3) is 2.28. The van der Waals surface area contributed by atoms with Crippen LogP contribution >= 0.6 is 0 Å². The van der Waals surface area contributed by atoms with Crippen LogP contribution in [0.4, 0.5) is 10.2 Å². The molecule has 104 valence electrons. The van der Waals surface area contributed by atoms with Crippen molar-refractivity contribution < 1.29 is 9.13 Å². The van der Waals surface area contributed by atoms with E-state index in [1.165, 1.54) is 19.2 Å². The van der Waals surface area contributed by atoms with Crippen LogP contribution in [0.5, 0.6) is 5.75 Å². The predicted octanol–water partition coefficient (Wildman–Crippen LogP) is 1.52. The van der Waals surface area contributed by atoms with E-state index in [1.54, 1.807) is 6.07 Å². The first kappa shape index (κ1) is 14.1. The number of nitrogen functional groups attached to an aromatic ring is 1. The maximum absolute atomic E-state index is 13.5. The highest BCUT2D eigenvalue weighted by Gasteiger charge is 2.19. The fourth-order valence-electron chi connectivity index (χ4n) is 1.95. The monoisotopic (exact) mass is 284 g/mol. The normalized spacial score (nSPS) is 9.71. The number of H-pyrrole nitrogens is 1. The Morgan fingerprint density at radius 2 is 1.95 bits per heavy atom. The number of benzene rings is 1. The SMILES string of the molecule is COc1cc(-c2c(C#N)c(N)[nH]c(=O)c2C#N)ccc1F. The summed E-state index contributed by atoms with van der Waals surface area (Å²) in [7, 11) is 1.28. The van der Waals surface area contributed by atoms with Crippen molar-refractivity contribution in [3.63, 3.8) is 0 Å². The van der Waals surface area contributed by atoms with Gasteiger partial charge in [0.05, 0.1) is 7.11 Å². The number of ether oxygens (including phenoxy) is 1. The molecule has 3 N–H and O–H groups in total. The summed E-state index contributed by atoms with van der Waals surface area (Å²) in [5.74, 6) is -0.824. The van der Waals surface area contributed by atoms with E-state index in [2.05, 4.69) is 4.98 Å². The molecule has 6 nitrogen and oxygen atoms in total. The van der Waals surface area contributed by atoms with Gasteiger partial charge in [0.15, 0.2) is 11.6 Å². The van der Waals surface area contributed by atoms with Crippen LogP contribution in [-0.4, -0.2) is 12.1 Å². The number of halogens is 1. The summed E-state index contributed by atoms with van der Waals surface area (Å²) in [6, 6.07) is 7.32. The average molecular weight is 284 g/mol. The molecule has 0 atom stereocenters. The fourth-order valence-corrected chi connectivity index (χ4v) is 1.95. The summed E-state index contributed by atoms with van der Waals surface area (Å²) in [5.41, 5.74) is 4.91. The second-order valence-electron chi connectivity index (χ2n) is 4.07. The molecule has 0 aliphatic rings. The lowest BCUT2D eigenvalue weighted by atomic mass is 9.96. The predicted molar refractivity (Wildman–Crippen MR) is 72.9 cm³/mol. The van der Waals surface area contributed by atoms with Gasteiger partial charge in [-0.15, -0.1) is 0 Å². The number of aromatic nitrogens is 1. The largest absolute Gasteiger partial charge is 0.494 e. The molecule has 2 aromatic rings. The summed E-state index contributed by atoms with van der Waals surface area (Å²) in [5, 5.41) is 18.3. The van der Waals surface area contributed by atoms with Gasteiger partial charge in [-0.25, -0.2) is 4.39 Å². The molecule has 1 aromatic carbocycles. The zero-order valence-electron chi connectivity index (χ0n) is 10.9. The van der Waals surface area contributed by atoms with Crippen molar-refractivity contribution in [2.45, 2.75) is 0 Å². The van der Waals surface area contributed by atoms with Crippen LogP contribution in [0.3, 0.4) is 0 Å². The molecule has 21 heavy (non-hydrogen) atoms. The van der Waals surface area contributed by atoms with Gasteiger partial charge in [-0.05, 0) is 17.7 Å². The maximum atomic E-state index is 13.5. The number of methoxy groups -OCH3 is 1. The molecule has 0 saturated carbocycles. The van der Waals surface area contributed by atoms with E-state index in [0.29, 0.717) is 5.56 Å². The van der Waals surface area contributed by atoms with Gasteiger partial charge in [0, 0.05) is 5.56 Å². The molecule has 0 aliphatic carbocycles. The lowest BCUT2D eigenvalue weighted by Gasteiger charge is -2.10. The highest BCUT2D eigenvalue weighted by atomic mass is 19.1. The molecule has 0 unspecified atom stereocenters. The Morgan fingerprint density at radius 3 is 2.52 bits per heavy atom. The van der Waals surface area contributed by atoms with Crippen LogP contribution in [0.25, 0.3) is 11.1 Å². The highest BCUT2D eigenvalue weighted by molar-refractivity contribution is 5.80. The Labute approximate surface area is 118 Å². The molecular weight excluding hydrogens is 275 g/mol. The summed E-state index contributed by atoms with van der Waals surface area (Å²) in [6.45, 7) is 0. The number of pyridine rings is 1. The molecule has 0 aliphatic heterocycles. The van der Waals surface area contributed by atoms with Crippen LogP contribution in [0.1, 0.15) is 11.1 Å². The summed E-state index contributed by atoms with van der Waals surface area (Å²) < 4.78 is 18.3. The van der Waals surface area contributed by atoms with Crippen molar-refractivity contribution in [3.05, 3.63) is 45.5 Å². The lowest BCUT2D eigenvalue weighted by Crippen LogP contribution is -2.16. The van der Waals surface area contributed by atoms with E-state index in [4.69, 9.17) is 15.7 Å². The number of nitrogens with two attached hydrogens (primary N) is 1. The van der Waals surface area contributed by atoms with Gasteiger partial charge < -0.3 is 15.5 Å². The van der Waals surface area contributed by atoms with Gasteiger partial charge in [-0.1, -0.05) is 6.07 Å². The number of rotatable bonds is 2. The van der Waals surface area contributed by atoms with Crippen LogP contribution in [0.2, 0.25) is 0 Å². The smallest absolute Gasteiger partial charge is 0.268 e. The quantitative estimate of drug-likeness (QED) is 0.867. The van der Waals surface area contributed by atoms with Gasteiger partial charge in [0.2, 0.25) is 0 Å². The number of anilines is 1. The van der Waals surface area contributed by atoms with Crippen LogP contribution in [-0.2, 0) is 0 Å². The average Bonchev–Trinajstić information content (AvgIpc) is 2.47. The fraction of sp³-hybridized carbons (Fsp3) is 0.0714. The van der Waals surface area contributed by atoms with E-state index in [-0.39, 0.29) is 28.3 Å². The van der Waals surface area contributed by atoms with Crippen LogP contribution in [0.15, 0.2) is 23.0 Å². The highest BCUT2D eigenvalue weighted by Crippen LogP contribution is 2.31. The van der Waals surface area contributed by atoms with E-state index in [1.807, 2.05) is 6.07 Å². The van der Waals surface area contributed by atoms with Crippen molar-refractivity contribution in [1.82, 2.24) is 4.98 Å². The van der Waals surface area contributed by atoms with E-state index >= 15 is 0 Å². The van der Waals surface area contributed by atoms with E-state index in [0.717, 1.165) is 6.07 Å². The molecule has 0 saturated heterocycles. The molecule has 0 radical (unpaired) electrons. The van der Waals surface area contributed by atoms with Crippen molar-refractivity contribution in [2.24, 2.45) is 0 Å². The minimum Gasteiger partial charge on any atom is -0.494 e. The molecule has 0 amide bonds. The minimum absolute atomic E-state index is 0.0551. The third-order valence-electron chi connectivity index (χ3n) is 2.91. The van der Waals surface area contributed by atoms with Crippen molar-refractivity contribution >= 4 is 5.82 Å². The lowest BCUT2D eigenvalue weighted by molar-refractivity contribution is 0.387.